The van der Waals surface area contributed by atoms with Crippen LogP contribution in [0.25, 0.3) is 5.82 Å². The molecule has 3 rings (SSSR count). The molecule has 1 aliphatic rings. The fraction of sp³-hybridized carbons (Fsp3) is 0.529. The maximum absolute atomic E-state index is 5.78. The van der Waals surface area contributed by atoms with Gasteiger partial charge < -0.3 is 0 Å². The van der Waals surface area contributed by atoms with Gasteiger partial charge in [-0.2, -0.15) is 4.68 Å². The minimum atomic E-state index is -0.228. The van der Waals surface area contributed by atoms with Crippen molar-refractivity contribution in [3.05, 3.63) is 29.7 Å². The van der Waals surface area contributed by atoms with Gasteiger partial charge in [0.05, 0.1) is 12.1 Å². The van der Waals surface area contributed by atoms with Gasteiger partial charge in [-0.15, -0.1) is 11.5 Å². The lowest BCUT2D eigenvalue weighted by Crippen LogP contribution is -2.45. The fourth-order valence-electron chi connectivity index (χ4n) is 3.07. The minimum absolute atomic E-state index is 0.228. The zero-order valence-corrected chi connectivity index (χ0v) is 13.5. The van der Waals surface area contributed by atoms with E-state index in [0.717, 1.165) is 30.9 Å². The van der Waals surface area contributed by atoms with Crippen molar-refractivity contribution in [1.82, 2.24) is 30.5 Å². The van der Waals surface area contributed by atoms with E-state index in [4.69, 9.17) is 6.42 Å². The van der Waals surface area contributed by atoms with E-state index in [0.29, 0.717) is 6.54 Å². The lowest BCUT2D eigenvalue weighted by Gasteiger charge is -2.33. The molecule has 0 bridgehead atoms. The number of hydrogen-bond acceptors (Lipinski definition) is 5. The van der Waals surface area contributed by atoms with E-state index >= 15 is 0 Å². The number of pyridine rings is 1. The largest absolute Gasteiger partial charge is 0.294 e. The number of terminal acetylenes is 1. The minimum Gasteiger partial charge on any atom is -0.294 e. The van der Waals surface area contributed by atoms with Crippen LogP contribution in [0.15, 0.2) is 18.3 Å². The van der Waals surface area contributed by atoms with Crippen LogP contribution < -0.4 is 5.32 Å². The summed E-state index contributed by atoms with van der Waals surface area (Å²) in [4.78, 5) is 4.38. The second kappa shape index (κ2) is 6.88. The number of tetrazole rings is 1. The predicted molar refractivity (Wildman–Crippen MR) is 87.8 cm³/mol. The SMILES string of the molecule is C#CC1(NCc2nnnn2-c2cc(CC)ccn2)CCCCC1. The molecule has 23 heavy (non-hydrogen) atoms. The Morgan fingerprint density at radius 2 is 2.17 bits per heavy atom. The summed E-state index contributed by atoms with van der Waals surface area (Å²) in [6.45, 7) is 2.65. The molecule has 0 saturated heterocycles. The molecule has 2 aromatic rings. The summed E-state index contributed by atoms with van der Waals surface area (Å²) in [7, 11) is 0. The summed E-state index contributed by atoms with van der Waals surface area (Å²) in [5, 5.41) is 15.5. The van der Waals surface area contributed by atoms with Gasteiger partial charge in [-0.3, -0.25) is 5.32 Å². The quantitative estimate of drug-likeness (QED) is 0.856. The summed E-state index contributed by atoms with van der Waals surface area (Å²) >= 11 is 0. The molecule has 6 heteroatoms. The number of hydrogen-bond donors (Lipinski definition) is 1. The first kappa shape index (κ1) is 15.6. The highest BCUT2D eigenvalue weighted by Crippen LogP contribution is 2.27. The van der Waals surface area contributed by atoms with Gasteiger partial charge in [0, 0.05) is 6.20 Å². The lowest BCUT2D eigenvalue weighted by molar-refractivity contribution is 0.296. The van der Waals surface area contributed by atoms with Crippen molar-refractivity contribution in [3.63, 3.8) is 0 Å². The van der Waals surface area contributed by atoms with Crippen molar-refractivity contribution >= 4 is 0 Å². The van der Waals surface area contributed by atoms with Crippen LogP contribution in [-0.4, -0.2) is 30.7 Å². The Bertz CT molecular complexity index is 693. The van der Waals surface area contributed by atoms with Crippen LogP contribution in [0.4, 0.5) is 0 Å². The van der Waals surface area contributed by atoms with Crippen molar-refractivity contribution in [2.24, 2.45) is 0 Å². The first-order valence-electron chi connectivity index (χ1n) is 8.22. The van der Waals surface area contributed by atoms with Crippen LogP contribution >= 0.6 is 0 Å². The molecule has 1 aliphatic carbocycles. The number of aromatic nitrogens is 5. The van der Waals surface area contributed by atoms with Crippen molar-refractivity contribution in [2.45, 2.75) is 57.5 Å². The smallest absolute Gasteiger partial charge is 0.172 e. The molecule has 0 amide bonds. The van der Waals surface area contributed by atoms with E-state index in [9.17, 15) is 0 Å². The van der Waals surface area contributed by atoms with E-state index in [1.54, 1.807) is 10.9 Å². The monoisotopic (exact) mass is 310 g/mol. The summed E-state index contributed by atoms with van der Waals surface area (Å²) in [5.41, 5.74) is 0.977. The Morgan fingerprint density at radius 3 is 2.91 bits per heavy atom. The highest BCUT2D eigenvalue weighted by molar-refractivity contribution is 5.27. The molecule has 1 N–H and O–H groups in total. The Balaban J connectivity index is 1.77. The molecule has 1 fully saturated rings. The molecule has 0 atom stereocenters. The zero-order chi connectivity index (χ0) is 16.1. The molecular formula is C17H22N6. The maximum atomic E-state index is 5.78. The van der Waals surface area contributed by atoms with E-state index in [-0.39, 0.29) is 5.54 Å². The molecule has 0 radical (unpaired) electrons. The van der Waals surface area contributed by atoms with Gasteiger partial charge in [0.25, 0.3) is 0 Å². The summed E-state index contributed by atoms with van der Waals surface area (Å²) in [6.07, 6.45) is 14.1. The van der Waals surface area contributed by atoms with Crippen LogP contribution in [0.3, 0.4) is 0 Å². The van der Waals surface area contributed by atoms with Gasteiger partial charge in [0.2, 0.25) is 0 Å². The first-order chi connectivity index (χ1) is 11.3. The van der Waals surface area contributed by atoms with Crippen molar-refractivity contribution in [1.29, 1.82) is 0 Å². The normalized spacial score (nSPS) is 16.9. The van der Waals surface area contributed by atoms with E-state index in [1.807, 2.05) is 12.1 Å². The van der Waals surface area contributed by atoms with E-state index in [2.05, 4.69) is 38.7 Å². The number of rotatable bonds is 5. The zero-order valence-electron chi connectivity index (χ0n) is 13.5. The van der Waals surface area contributed by atoms with Crippen molar-refractivity contribution in [3.8, 4) is 18.2 Å². The van der Waals surface area contributed by atoms with Crippen molar-refractivity contribution in [2.75, 3.05) is 0 Å². The Morgan fingerprint density at radius 1 is 1.35 bits per heavy atom. The molecular weight excluding hydrogens is 288 g/mol. The number of nitrogens with zero attached hydrogens (tertiary/aromatic N) is 5. The van der Waals surface area contributed by atoms with Crippen molar-refractivity contribution < 1.29 is 0 Å². The maximum Gasteiger partial charge on any atom is 0.172 e. The van der Waals surface area contributed by atoms with Gasteiger partial charge >= 0.3 is 0 Å². The summed E-state index contributed by atoms with van der Waals surface area (Å²) < 4.78 is 1.68. The molecule has 0 unspecified atom stereocenters. The standard InChI is InChI=1S/C17H22N6/c1-3-14-8-11-18-15(12-14)23-16(20-21-22-23)13-19-17(4-2)9-6-5-7-10-17/h2,8,11-12,19H,3,5-7,9-10,13H2,1H3. The molecule has 1 saturated carbocycles. The first-order valence-corrected chi connectivity index (χ1v) is 8.22. The molecule has 0 aromatic carbocycles. The number of nitrogens with one attached hydrogen (secondary N) is 1. The Kier molecular flexibility index (Phi) is 4.68. The summed E-state index contributed by atoms with van der Waals surface area (Å²) in [5.74, 6) is 4.42. The van der Waals surface area contributed by atoms with Gasteiger partial charge in [-0.05, 0) is 47.4 Å². The van der Waals surface area contributed by atoms with Crippen LogP contribution in [0.1, 0.15) is 50.4 Å². The predicted octanol–water partition coefficient (Wildman–Crippen LogP) is 2.05. The third-order valence-electron chi connectivity index (χ3n) is 4.54. The highest BCUT2D eigenvalue weighted by Gasteiger charge is 2.29. The molecule has 2 heterocycles. The van der Waals surface area contributed by atoms with E-state index in [1.165, 1.54) is 24.8 Å². The second-order valence-corrected chi connectivity index (χ2v) is 6.02. The van der Waals surface area contributed by atoms with Crippen LogP contribution in [-0.2, 0) is 13.0 Å². The van der Waals surface area contributed by atoms with Crippen LogP contribution in [0.2, 0.25) is 0 Å². The molecule has 120 valence electrons. The summed E-state index contributed by atoms with van der Waals surface area (Å²) in [6, 6.07) is 4.01. The molecule has 6 nitrogen and oxygen atoms in total. The lowest BCUT2D eigenvalue weighted by atomic mass is 9.82. The van der Waals surface area contributed by atoms with Crippen LogP contribution in [0, 0.1) is 12.3 Å². The average molecular weight is 310 g/mol. The molecule has 2 aromatic heterocycles. The van der Waals surface area contributed by atoms with Gasteiger partial charge in [0.15, 0.2) is 11.6 Å². The third-order valence-corrected chi connectivity index (χ3v) is 4.54. The number of aryl methyl sites for hydroxylation is 1. The van der Waals surface area contributed by atoms with Gasteiger partial charge in [0.1, 0.15) is 0 Å². The Labute approximate surface area is 136 Å². The topological polar surface area (TPSA) is 68.5 Å². The second-order valence-electron chi connectivity index (χ2n) is 6.02. The molecule has 0 spiro atoms. The molecule has 0 aliphatic heterocycles. The average Bonchev–Trinajstić information content (AvgIpc) is 3.09. The third kappa shape index (κ3) is 3.40. The van der Waals surface area contributed by atoms with E-state index < -0.39 is 0 Å². The Hall–Kier alpha value is -2.26. The fourth-order valence-corrected chi connectivity index (χ4v) is 3.07. The highest BCUT2D eigenvalue weighted by atomic mass is 15.6. The van der Waals surface area contributed by atoms with Gasteiger partial charge in [-0.25, -0.2) is 4.98 Å². The van der Waals surface area contributed by atoms with Gasteiger partial charge in [-0.1, -0.05) is 32.1 Å². The van der Waals surface area contributed by atoms with Crippen LogP contribution in [0.5, 0.6) is 0 Å².